The second kappa shape index (κ2) is 10.7. The average molecular weight is 497 g/mol. The van der Waals surface area contributed by atoms with Gasteiger partial charge in [0.15, 0.2) is 14.6 Å². The Kier molecular flexibility index (Phi) is 8.01. The molecule has 0 radical (unpaired) electrons. The molecule has 0 aromatic heterocycles. The quantitative estimate of drug-likeness (QED) is 0.306. The zero-order valence-corrected chi connectivity index (χ0v) is 22.7. The number of hydrogen-bond acceptors (Lipinski definition) is 5. The van der Waals surface area contributed by atoms with Crippen molar-refractivity contribution in [2.45, 2.75) is 82.1 Å². The largest absolute Gasteiger partial charge is 0.408 e. The molecule has 0 amide bonds. The predicted octanol–water partition coefficient (Wildman–Crippen LogP) is 6.56. The van der Waals surface area contributed by atoms with E-state index in [1.807, 2.05) is 18.2 Å². The molecule has 2 aromatic rings. The molecule has 2 aliphatic heterocycles. The molecule has 2 aliphatic rings. The zero-order valence-electron chi connectivity index (χ0n) is 21.7. The summed E-state index contributed by atoms with van der Waals surface area (Å²) in [5, 5.41) is 2.39. The first kappa shape index (κ1) is 26.3. The Morgan fingerprint density at radius 1 is 1.00 bits per heavy atom. The van der Waals surface area contributed by atoms with Crippen molar-refractivity contribution in [2.24, 2.45) is 0 Å². The van der Waals surface area contributed by atoms with Gasteiger partial charge in [0, 0.05) is 5.56 Å². The summed E-state index contributed by atoms with van der Waals surface area (Å²) in [4.78, 5) is 0. The molecule has 5 nitrogen and oxygen atoms in total. The van der Waals surface area contributed by atoms with Gasteiger partial charge in [0.1, 0.15) is 24.4 Å². The second-order valence-corrected chi connectivity index (χ2v) is 15.8. The highest BCUT2D eigenvalue weighted by molar-refractivity contribution is 6.74. The molecule has 0 bridgehead atoms. The number of rotatable bonds is 8. The number of fused-ring (bicyclic) bond motifs is 2. The van der Waals surface area contributed by atoms with E-state index in [9.17, 15) is 0 Å². The van der Waals surface area contributed by atoms with Crippen molar-refractivity contribution in [3.8, 4) is 0 Å². The molecule has 2 aromatic carbocycles. The highest BCUT2D eigenvalue weighted by atomic mass is 28.4. The molecule has 6 heteroatoms. The maximum atomic E-state index is 7.04. The monoisotopic (exact) mass is 496 g/mol. The predicted molar refractivity (Wildman–Crippen MR) is 143 cm³/mol. The lowest BCUT2D eigenvalue weighted by atomic mass is 9.92. The van der Waals surface area contributed by atoms with E-state index in [0.29, 0.717) is 19.6 Å². The summed E-state index contributed by atoms with van der Waals surface area (Å²) >= 11 is 0. The van der Waals surface area contributed by atoms with E-state index < -0.39 is 14.6 Å². The van der Waals surface area contributed by atoms with Crippen LogP contribution >= 0.6 is 0 Å². The van der Waals surface area contributed by atoms with Crippen LogP contribution in [0.3, 0.4) is 0 Å². The van der Waals surface area contributed by atoms with Crippen LogP contribution in [0.1, 0.15) is 39.0 Å². The number of benzene rings is 2. The van der Waals surface area contributed by atoms with E-state index >= 15 is 0 Å². The average Bonchev–Trinajstić information content (AvgIpc) is 2.82. The first-order chi connectivity index (χ1) is 16.6. The summed E-state index contributed by atoms with van der Waals surface area (Å²) in [5.74, 6) is 0. The van der Waals surface area contributed by atoms with Crippen molar-refractivity contribution in [1.29, 1.82) is 0 Å². The van der Waals surface area contributed by atoms with Gasteiger partial charge in [-0.25, -0.2) is 0 Å². The van der Waals surface area contributed by atoms with Gasteiger partial charge in [-0.05, 0) is 41.4 Å². The smallest absolute Gasteiger partial charge is 0.192 e. The van der Waals surface area contributed by atoms with Crippen molar-refractivity contribution >= 4 is 19.1 Å². The van der Waals surface area contributed by atoms with E-state index in [4.69, 9.17) is 23.4 Å². The lowest BCUT2D eigenvalue weighted by Crippen LogP contribution is -2.65. The van der Waals surface area contributed by atoms with E-state index in [1.165, 1.54) is 5.39 Å². The molecule has 2 saturated heterocycles. The topological polar surface area (TPSA) is 46.2 Å². The van der Waals surface area contributed by atoms with Gasteiger partial charge in [0.2, 0.25) is 0 Å². The van der Waals surface area contributed by atoms with Crippen LogP contribution in [0, 0.1) is 0 Å². The third-order valence-corrected chi connectivity index (χ3v) is 12.0. The lowest BCUT2D eigenvalue weighted by molar-refractivity contribution is -0.328. The van der Waals surface area contributed by atoms with Crippen molar-refractivity contribution in [3.05, 3.63) is 73.3 Å². The summed E-state index contributed by atoms with van der Waals surface area (Å²) < 4.78 is 32.7. The summed E-state index contributed by atoms with van der Waals surface area (Å²) in [6.45, 7) is 19.9. The van der Waals surface area contributed by atoms with Crippen molar-refractivity contribution in [1.82, 2.24) is 0 Å². The minimum absolute atomic E-state index is 0.0423. The first-order valence-corrected chi connectivity index (χ1v) is 15.5. The minimum Gasteiger partial charge on any atom is -0.408 e. The van der Waals surface area contributed by atoms with Gasteiger partial charge in [0.25, 0.3) is 0 Å². The Morgan fingerprint density at radius 2 is 1.74 bits per heavy atom. The molecule has 190 valence electrons. The molecule has 0 spiro atoms. The van der Waals surface area contributed by atoms with Crippen LogP contribution in [0.2, 0.25) is 18.1 Å². The van der Waals surface area contributed by atoms with Crippen LogP contribution in [0.25, 0.3) is 10.8 Å². The highest BCUT2D eigenvalue weighted by Crippen LogP contribution is 2.43. The fraction of sp³-hybridized carbons (Fsp3) is 0.517. The van der Waals surface area contributed by atoms with Crippen molar-refractivity contribution < 1.29 is 23.4 Å². The summed E-state index contributed by atoms with van der Waals surface area (Å²) in [5.41, 5.74) is 0.991. The van der Waals surface area contributed by atoms with Gasteiger partial charge in [0.05, 0.1) is 19.3 Å². The maximum Gasteiger partial charge on any atom is 0.192 e. The van der Waals surface area contributed by atoms with Crippen LogP contribution in [-0.2, 0) is 23.4 Å². The van der Waals surface area contributed by atoms with Gasteiger partial charge in [-0.1, -0.05) is 69.3 Å². The summed E-state index contributed by atoms with van der Waals surface area (Å²) in [6.07, 6.45) is 2.49. The van der Waals surface area contributed by atoms with Gasteiger partial charge in [-0.15, -0.1) is 13.2 Å². The molecular formula is C29H40O5Si. The Morgan fingerprint density at radius 3 is 2.43 bits per heavy atom. The molecule has 2 heterocycles. The third-order valence-electron chi connectivity index (χ3n) is 7.51. The zero-order chi connectivity index (χ0) is 25.2. The number of ether oxygens (including phenoxy) is 4. The van der Waals surface area contributed by atoms with E-state index in [1.54, 1.807) is 6.08 Å². The van der Waals surface area contributed by atoms with Gasteiger partial charge < -0.3 is 23.4 Å². The van der Waals surface area contributed by atoms with Crippen molar-refractivity contribution in [3.63, 3.8) is 0 Å². The maximum absolute atomic E-state index is 7.04. The molecule has 6 atom stereocenters. The fourth-order valence-corrected chi connectivity index (χ4v) is 5.87. The molecule has 0 unspecified atom stereocenters. The van der Waals surface area contributed by atoms with Crippen molar-refractivity contribution in [2.75, 3.05) is 13.2 Å². The Hall–Kier alpha value is -1.80. The second-order valence-electron chi connectivity index (χ2n) is 11.0. The minimum atomic E-state index is -2.15. The summed E-state index contributed by atoms with van der Waals surface area (Å²) in [7, 11) is -2.15. The fourth-order valence-electron chi connectivity index (χ4n) is 4.57. The molecule has 0 saturated carbocycles. The van der Waals surface area contributed by atoms with Crippen LogP contribution in [0.4, 0.5) is 0 Å². The Bertz CT molecular complexity index is 1030. The third kappa shape index (κ3) is 5.63. The molecule has 0 aliphatic carbocycles. The standard InChI is InChI=1S/C29H40O5Si/c1-8-12-23-25(30-17-9-2)27(34-35(6,7)29(3,4)5)26-24(32-23)19-31-28(33-26)22-16-15-20-13-10-11-14-21(20)18-22/h8-11,13-16,18,23-28H,1-2,12,17,19H2,3-7H3/t23-,24+,25-,26+,27+,28+/m0/s1. The molecule has 0 N–H and O–H groups in total. The van der Waals surface area contributed by atoms with Crippen LogP contribution < -0.4 is 0 Å². The van der Waals surface area contributed by atoms with E-state index in [-0.39, 0.29) is 35.6 Å². The van der Waals surface area contributed by atoms with E-state index in [2.05, 4.69) is 77.4 Å². The van der Waals surface area contributed by atoms with Crippen LogP contribution in [0.5, 0.6) is 0 Å². The molecular weight excluding hydrogens is 456 g/mol. The first-order valence-electron chi connectivity index (χ1n) is 12.6. The van der Waals surface area contributed by atoms with Crippen LogP contribution in [-0.4, -0.2) is 52.1 Å². The summed E-state index contributed by atoms with van der Waals surface area (Å²) in [6, 6.07) is 14.6. The van der Waals surface area contributed by atoms with Gasteiger partial charge in [-0.3, -0.25) is 0 Å². The lowest BCUT2D eigenvalue weighted by Gasteiger charge is -2.52. The van der Waals surface area contributed by atoms with Gasteiger partial charge in [-0.2, -0.15) is 0 Å². The molecule has 2 fully saturated rings. The Balaban J connectivity index is 1.66. The Labute approximate surface area is 211 Å². The number of hydrogen-bond donors (Lipinski definition) is 0. The normalized spacial score (nSPS) is 29.5. The highest BCUT2D eigenvalue weighted by Gasteiger charge is 2.53. The molecule has 4 rings (SSSR count). The van der Waals surface area contributed by atoms with E-state index in [0.717, 1.165) is 10.9 Å². The van der Waals surface area contributed by atoms with Crippen LogP contribution in [0.15, 0.2) is 67.8 Å². The van der Waals surface area contributed by atoms with Gasteiger partial charge >= 0.3 is 0 Å². The molecule has 35 heavy (non-hydrogen) atoms. The SMILES string of the molecule is C=CCO[C@@H]1[C@@H](O[Si](C)(C)C(C)(C)C)[C@@H]2O[C@H](c3ccc4ccccc4c3)OC[C@H]2O[C@H]1CC=C.